The van der Waals surface area contributed by atoms with Crippen molar-refractivity contribution in [2.45, 2.75) is 32.8 Å². The SMILES string of the molecule is CC(=O)O[C@@H](C)[C@H](C)c1ccccc1F. The Morgan fingerprint density at radius 2 is 1.93 bits per heavy atom. The van der Waals surface area contributed by atoms with Crippen LogP contribution in [0.3, 0.4) is 0 Å². The average molecular weight is 210 g/mol. The molecule has 2 nitrogen and oxygen atoms in total. The number of esters is 1. The van der Waals surface area contributed by atoms with E-state index < -0.39 is 0 Å². The lowest BCUT2D eigenvalue weighted by atomic mass is 9.96. The molecule has 0 N–H and O–H groups in total. The summed E-state index contributed by atoms with van der Waals surface area (Å²) in [4.78, 5) is 10.8. The van der Waals surface area contributed by atoms with E-state index in [4.69, 9.17) is 4.74 Å². The van der Waals surface area contributed by atoms with E-state index in [1.165, 1.54) is 13.0 Å². The van der Waals surface area contributed by atoms with Crippen LogP contribution in [0.5, 0.6) is 0 Å². The van der Waals surface area contributed by atoms with Crippen molar-refractivity contribution in [2.24, 2.45) is 0 Å². The molecule has 0 radical (unpaired) electrons. The van der Waals surface area contributed by atoms with Gasteiger partial charge in [-0.25, -0.2) is 4.39 Å². The van der Waals surface area contributed by atoms with E-state index in [9.17, 15) is 9.18 Å². The molecule has 0 fully saturated rings. The van der Waals surface area contributed by atoms with E-state index in [1.807, 2.05) is 6.92 Å². The second-order valence-electron chi connectivity index (χ2n) is 3.62. The van der Waals surface area contributed by atoms with Crippen molar-refractivity contribution in [3.63, 3.8) is 0 Å². The molecule has 0 spiro atoms. The lowest BCUT2D eigenvalue weighted by molar-refractivity contribution is -0.146. The van der Waals surface area contributed by atoms with E-state index in [0.29, 0.717) is 5.56 Å². The molecule has 0 aliphatic carbocycles. The molecule has 0 aliphatic heterocycles. The van der Waals surface area contributed by atoms with Crippen LogP contribution in [0.15, 0.2) is 24.3 Å². The molecule has 0 aromatic heterocycles. The second kappa shape index (κ2) is 4.91. The Bertz CT molecular complexity index is 349. The standard InChI is InChI=1S/C12H15FO2/c1-8(9(2)15-10(3)14)11-6-4-5-7-12(11)13/h4-9H,1-3H3/t8-,9-/m0/s1. The van der Waals surface area contributed by atoms with Crippen LogP contribution < -0.4 is 0 Å². The van der Waals surface area contributed by atoms with E-state index in [2.05, 4.69) is 0 Å². The van der Waals surface area contributed by atoms with Crippen LogP contribution in [0.25, 0.3) is 0 Å². The summed E-state index contributed by atoms with van der Waals surface area (Å²) in [5.41, 5.74) is 0.575. The van der Waals surface area contributed by atoms with Crippen molar-refractivity contribution < 1.29 is 13.9 Å². The van der Waals surface area contributed by atoms with E-state index in [-0.39, 0.29) is 23.8 Å². The van der Waals surface area contributed by atoms with Gasteiger partial charge in [0.25, 0.3) is 0 Å². The number of hydrogen-bond donors (Lipinski definition) is 0. The minimum atomic E-state index is -0.342. The monoisotopic (exact) mass is 210 g/mol. The van der Waals surface area contributed by atoms with Gasteiger partial charge in [-0.1, -0.05) is 25.1 Å². The van der Waals surface area contributed by atoms with Crippen LogP contribution in [-0.4, -0.2) is 12.1 Å². The maximum absolute atomic E-state index is 13.4. The van der Waals surface area contributed by atoms with Gasteiger partial charge in [0.15, 0.2) is 0 Å². The van der Waals surface area contributed by atoms with Crippen LogP contribution in [0, 0.1) is 5.82 Å². The van der Waals surface area contributed by atoms with Gasteiger partial charge < -0.3 is 4.74 Å². The van der Waals surface area contributed by atoms with Crippen molar-refractivity contribution >= 4 is 5.97 Å². The predicted octanol–water partition coefficient (Wildman–Crippen LogP) is 2.88. The summed E-state index contributed by atoms with van der Waals surface area (Å²) in [6.07, 6.45) is -0.320. The topological polar surface area (TPSA) is 26.3 Å². The fraction of sp³-hybridized carbons (Fsp3) is 0.417. The zero-order chi connectivity index (χ0) is 11.4. The molecule has 0 saturated heterocycles. The molecule has 1 aromatic carbocycles. The molecule has 0 unspecified atom stereocenters. The van der Waals surface area contributed by atoms with Gasteiger partial charge in [-0.2, -0.15) is 0 Å². The normalized spacial score (nSPS) is 14.4. The van der Waals surface area contributed by atoms with Crippen LogP contribution in [-0.2, 0) is 9.53 Å². The smallest absolute Gasteiger partial charge is 0.302 e. The first kappa shape index (κ1) is 11.7. The maximum atomic E-state index is 13.4. The van der Waals surface area contributed by atoms with Gasteiger partial charge in [-0.05, 0) is 18.6 Å². The van der Waals surface area contributed by atoms with Gasteiger partial charge in [0.1, 0.15) is 11.9 Å². The zero-order valence-corrected chi connectivity index (χ0v) is 9.16. The maximum Gasteiger partial charge on any atom is 0.302 e. The fourth-order valence-electron chi connectivity index (χ4n) is 1.46. The number of halogens is 1. The molecule has 0 saturated carbocycles. The molecular formula is C12H15FO2. The highest BCUT2D eigenvalue weighted by Crippen LogP contribution is 2.23. The molecule has 1 aromatic rings. The van der Waals surface area contributed by atoms with Crippen molar-refractivity contribution in [1.29, 1.82) is 0 Å². The first-order valence-electron chi connectivity index (χ1n) is 4.94. The molecule has 0 heterocycles. The van der Waals surface area contributed by atoms with Gasteiger partial charge >= 0.3 is 5.97 Å². The highest BCUT2D eigenvalue weighted by molar-refractivity contribution is 5.66. The van der Waals surface area contributed by atoms with Crippen LogP contribution in [0.2, 0.25) is 0 Å². The van der Waals surface area contributed by atoms with Gasteiger partial charge in [0.05, 0.1) is 0 Å². The first-order valence-corrected chi connectivity index (χ1v) is 4.94. The molecular weight excluding hydrogens is 195 g/mol. The minimum absolute atomic E-state index is 0.143. The van der Waals surface area contributed by atoms with Crippen molar-refractivity contribution in [3.05, 3.63) is 35.6 Å². The van der Waals surface area contributed by atoms with E-state index in [0.717, 1.165) is 0 Å². The van der Waals surface area contributed by atoms with Gasteiger partial charge in [-0.3, -0.25) is 4.79 Å². The van der Waals surface area contributed by atoms with Crippen molar-refractivity contribution in [2.75, 3.05) is 0 Å². The lowest BCUT2D eigenvalue weighted by Gasteiger charge is -2.20. The highest BCUT2D eigenvalue weighted by Gasteiger charge is 2.19. The molecule has 3 heteroatoms. The number of carbonyl (C=O) groups excluding carboxylic acids is 1. The summed E-state index contributed by atoms with van der Waals surface area (Å²) in [6.45, 7) is 4.95. The van der Waals surface area contributed by atoms with E-state index >= 15 is 0 Å². The summed E-state index contributed by atoms with van der Waals surface area (Å²) in [5, 5.41) is 0. The Labute approximate surface area is 89.1 Å². The van der Waals surface area contributed by atoms with Crippen LogP contribution in [0.1, 0.15) is 32.3 Å². The number of benzene rings is 1. The summed E-state index contributed by atoms with van der Waals surface area (Å²) in [6, 6.07) is 6.53. The van der Waals surface area contributed by atoms with E-state index in [1.54, 1.807) is 25.1 Å². The average Bonchev–Trinajstić information content (AvgIpc) is 2.16. The molecule has 0 bridgehead atoms. The molecule has 0 aliphatic rings. The van der Waals surface area contributed by atoms with Crippen LogP contribution >= 0.6 is 0 Å². The van der Waals surface area contributed by atoms with Crippen LogP contribution in [0.4, 0.5) is 4.39 Å². The zero-order valence-electron chi connectivity index (χ0n) is 9.16. The first-order chi connectivity index (χ1) is 7.02. The molecule has 1 rings (SSSR count). The Balaban J connectivity index is 2.80. The summed E-state index contributed by atoms with van der Waals surface area (Å²) in [7, 11) is 0. The Morgan fingerprint density at radius 1 is 1.33 bits per heavy atom. The number of ether oxygens (including phenoxy) is 1. The third-order valence-corrected chi connectivity index (χ3v) is 2.45. The van der Waals surface area contributed by atoms with Gasteiger partial charge in [0, 0.05) is 12.8 Å². The Hall–Kier alpha value is -1.38. The number of rotatable bonds is 3. The minimum Gasteiger partial charge on any atom is -0.462 e. The molecule has 15 heavy (non-hydrogen) atoms. The van der Waals surface area contributed by atoms with Crippen molar-refractivity contribution in [1.82, 2.24) is 0 Å². The fourth-order valence-corrected chi connectivity index (χ4v) is 1.46. The largest absolute Gasteiger partial charge is 0.462 e. The molecule has 0 amide bonds. The highest BCUT2D eigenvalue weighted by atomic mass is 19.1. The summed E-state index contributed by atoms with van der Waals surface area (Å²) >= 11 is 0. The third kappa shape index (κ3) is 3.05. The van der Waals surface area contributed by atoms with Gasteiger partial charge in [0.2, 0.25) is 0 Å². The summed E-state index contributed by atoms with van der Waals surface area (Å²) < 4.78 is 18.4. The lowest BCUT2D eigenvalue weighted by Crippen LogP contribution is -2.19. The molecule has 82 valence electrons. The number of carbonyl (C=O) groups is 1. The quantitative estimate of drug-likeness (QED) is 0.717. The molecule has 2 atom stereocenters. The third-order valence-electron chi connectivity index (χ3n) is 2.45. The Morgan fingerprint density at radius 3 is 2.47 bits per heavy atom. The van der Waals surface area contributed by atoms with Crippen molar-refractivity contribution in [3.8, 4) is 0 Å². The summed E-state index contributed by atoms with van der Waals surface area (Å²) in [5.74, 6) is -0.746. The predicted molar refractivity (Wildman–Crippen MR) is 56.0 cm³/mol. The second-order valence-corrected chi connectivity index (χ2v) is 3.62. The van der Waals surface area contributed by atoms with Gasteiger partial charge in [-0.15, -0.1) is 0 Å². The Kier molecular flexibility index (Phi) is 3.83. The number of hydrogen-bond acceptors (Lipinski definition) is 2.